The summed E-state index contributed by atoms with van der Waals surface area (Å²) in [5, 5.41) is 20.6. The summed E-state index contributed by atoms with van der Waals surface area (Å²) in [4.78, 5) is 2.33. The number of nitrogens with one attached hydrogen (secondary N) is 3. The van der Waals surface area contributed by atoms with E-state index in [1.165, 1.54) is 0 Å². The number of hydrogen-bond donors (Lipinski definition) is 3. The van der Waals surface area contributed by atoms with Crippen LogP contribution in [-0.4, -0.2) is 45.2 Å². The van der Waals surface area contributed by atoms with Gasteiger partial charge in [0.1, 0.15) is 5.52 Å². The van der Waals surface area contributed by atoms with Crippen LogP contribution in [-0.2, 0) is 7.05 Å². The maximum Gasteiger partial charge on any atom is 0.161 e. The molecule has 1 aliphatic heterocycles. The second kappa shape index (κ2) is 7.39. The number of aryl methyl sites for hydroxylation is 1. The number of nitrogens with zero attached hydrogens (tertiary/aromatic N) is 4. The Morgan fingerprint density at radius 1 is 1.19 bits per heavy atom. The van der Waals surface area contributed by atoms with E-state index in [1.807, 2.05) is 12.1 Å². The van der Waals surface area contributed by atoms with E-state index in [-0.39, 0.29) is 5.82 Å². The van der Waals surface area contributed by atoms with E-state index in [0.717, 1.165) is 35.1 Å². The predicted molar refractivity (Wildman–Crippen MR) is 124 cm³/mol. The molecule has 9 heteroatoms. The van der Waals surface area contributed by atoms with Crippen molar-refractivity contribution in [3.05, 3.63) is 40.8 Å². The van der Waals surface area contributed by atoms with Crippen LogP contribution >= 0.6 is 11.6 Å². The lowest BCUT2D eigenvalue weighted by Crippen LogP contribution is -2.54. The summed E-state index contributed by atoms with van der Waals surface area (Å²) < 4.78 is 16.4. The summed E-state index contributed by atoms with van der Waals surface area (Å²) in [5.74, 6) is 0.232. The number of H-pyrrole nitrogens is 1. The molecule has 0 unspecified atom stereocenters. The summed E-state index contributed by atoms with van der Waals surface area (Å²) in [6.45, 7) is 7.92. The third kappa shape index (κ3) is 3.49. The van der Waals surface area contributed by atoms with Crippen molar-refractivity contribution in [3.8, 4) is 0 Å². The number of rotatable bonds is 3. The van der Waals surface area contributed by atoms with Crippen LogP contribution in [0.2, 0.25) is 5.02 Å². The molecule has 4 aromatic rings. The van der Waals surface area contributed by atoms with Crippen molar-refractivity contribution in [3.63, 3.8) is 0 Å². The molecular formula is C22H25ClFN7. The quantitative estimate of drug-likeness (QED) is 0.437. The lowest BCUT2D eigenvalue weighted by molar-refractivity contribution is 0.407. The van der Waals surface area contributed by atoms with E-state index in [4.69, 9.17) is 11.6 Å². The molecule has 0 bridgehead atoms. The highest BCUT2D eigenvalue weighted by Crippen LogP contribution is 2.36. The Kier molecular flexibility index (Phi) is 4.79. The first-order chi connectivity index (χ1) is 14.8. The molecule has 3 N–H and O–H groups in total. The predicted octanol–water partition coefficient (Wildman–Crippen LogP) is 4.48. The fraction of sp³-hybridized carbons (Fsp3) is 0.364. The van der Waals surface area contributed by atoms with Gasteiger partial charge in [0, 0.05) is 60.7 Å². The van der Waals surface area contributed by atoms with Gasteiger partial charge in [0.05, 0.1) is 15.9 Å². The zero-order valence-electron chi connectivity index (χ0n) is 17.9. The second-order valence-electron chi connectivity index (χ2n) is 8.52. The number of benzene rings is 2. The Morgan fingerprint density at radius 3 is 2.68 bits per heavy atom. The highest BCUT2D eigenvalue weighted by atomic mass is 35.5. The summed E-state index contributed by atoms with van der Waals surface area (Å²) in [7, 11) is 1.78. The van der Waals surface area contributed by atoms with Crippen molar-refractivity contribution >= 4 is 50.6 Å². The van der Waals surface area contributed by atoms with E-state index in [0.29, 0.717) is 39.7 Å². The third-order valence-electron chi connectivity index (χ3n) is 5.87. The molecule has 2 aromatic carbocycles. The molecule has 0 amide bonds. The van der Waals surface area contributed by atoms with Crippen molar-refractivity contribution in [2.24, 2.45) is 7.05 Å². The van der Waals surface area contributed by atoms with E-state index in [1.54, 1.807) is 24.9 Å². The van der Waals surface area contributed by atoms with Crippen molar-refractivity contribution in [1.29, 1.82) is 0 Å². The lowest BCUT2D eigenvalue weighted by atomic mass is 10.1. The van der Waals surface area contributed by atoms with Gasteiger partial charge in [-0.3, -0.25) is 9.78 Å². The first-order valence-corrected chi connectivity index (χ1v) is 10.8. The number of anilines is 3. The summed E-state index contributed by atoms with van der Waals surface area (Å²) in [5.41, 5.74) is 3.38. The number of halogens is 2. The molecule has 0 spiro atoms. The van der Waals surface area contributed by atoms with Crippen molar-refractivity contribution in [2.45, 2.75) is 32.9 Å². The van der Waals surface area contributed by atoms with Gasteiger partial charge < -0.3 is 15.5 Å². The van der Waals surface area contributed by atoms with Crippen LogP contribution in [0, 0.1) is 12.7 Å². The van der Waals surface area contributed by atoms with Gasteiger partial charge in [-0.05, 0) is 39.0 Å². The zero-order chi connectivity index (χ0) is 21.9. The number of fused-ring (bicyclic) bond motifs is 2. The highest BCUT2D eigenvalue weighted by Gasteiger charge is 2.23. The van der Waals surface area contributed by atoms with E-state index in [9.17, 15) is 4.39 Å². The second-order valence-corrected chi connectivity index (χ2v) is 8.93. The molecule has 31 heavy (non-hydrogen) atoms. The average molecular weight is 442 g/mol. The molecule has 7 nitrogen and oxygen atoms in total. The van der Waals surface area contributed by atoms with Crippen molar-refractivity contribution in [2.75, 3.05) is 23.3 Å². The normalized spacial score (nSPS) is 19.5. The smallest absolute Gasteiger partial charge is 0.161 e. The fourth-order valence-electron chi connectivity index (χ4n) is 4.50. The Morgan fingerprint density at radius 2 is 1.94 bits per heavy atom. The number of aromatic amines is 1. The SMILES string of the molecule is Cc1c(Nc2n[nH]c3cc(N4C[C@H](C)N[C@@H](C)C4)cc(Cl)c23)cc2cn(C)nc2c1F. The molecule has 1 saturated heterocycles. The zero-order valence-corrected chi connectivity index (χ0v) is 18.7. The van der Waals surface area contributed by atoms with Crippen LogP contribution in [0.15, 0.2) is 24.4 Å². The maximum absolute atomic E-state index is 14.8. The summed E-state index contributed by atoms with van der Waals surface area (Å²) >= 11 is 6.71. The molecule has 162 valence electrons. The molecule has 1 aliphatic rings. The van der Waals surface area contributed by atoms with E-state index < -0.39 is 0 Å². The van der Waals surface area contributed by atoms with Gasteiger partial charge in [-0.2, -0.15) is 10.2 Å². The minimum Gasteiger partial charge on any atom is -0.368 e. The highest BCUT2D eigenvalue weighted by molar-refractivity contribution is 6.36. The molecule has 2 atom stereocenters. The van der Waals surface area contributed by atoms with Crippen molar-refractivity contribution < 1.29 is 4.39 Å². The van der Waals surface area contributed by atoms with Gasteiger partial charge in [0.2, 0.25) is 0 Å². The number of hydrogen-bond acceptors (Lipinski definition) is 5. The standard InChI is InChI=1S/C22H25ClFN7/c1-11-8-31(9-12(2)25-11)15-6-16(23)19-18(7-15)27-28-22(19)26-17-5-14-10-30(4)29-21(14)20(24)13(17)3/h5-7,10-12,25H,8-9H2,1-4H3,(H2,26,27,28)/t11-,12-/m0/s1. The summed E-state index contributed by atoms with van der Waals surface area (Å²) in [6.07, 6.45) is 1.79. The maximum atomic E-state index is 14.8. The lowest BCUT2D eigenvalue weighted by Gasteiger charge is -2.37. The van der Waals surface area contributed by atoms with Gasteiger partial charge in [-0.15, -0.1) is 0 Å². The van der Waals surface area contributed by atoms with Gasteiger partial charge in [-0.1, -0.05) is 11.6 Å². The van der Waals surface area contributed by atoms with Crippen LogP contribution in [0.5, 0.6) is 0 Å². The molecular weight excluding hydrogens is 417 g/mol. The largest absolute Gasteiger partial charge is 0.368 e. The van der Waals surface area contributed by atoms with Gasteiger partial charge >= 0.3 is 0 Å². The van der Waals surface area contributed by atoms with Crippen LogP contribution in [0.25, 0.3) is 21.8 Å². The first-order valence-electron chi connectivity index (χ1n) is 10.4. The van der Waals surface area contributed by atoms with Crippen molar-refractivity contribution in [1.82, 2.24) is 25.3 Å². The van der Waals surface area contributed by atoms with E-state index >= 15 is 0 Å². The molecule has 0 radical (unpaired) electrons. The Bertz CT molecular complexity index is 1280. The Balaban J connectivity index is 1.52. The van der Waals surface area contributed by atoms with Gasteiger partial charge in [0.25, 0.3) is 0 Å². The van der Waals surface area contributed by atoms with Crippen LogP contribution in [0.1, 0.15) is 19.4 Å². The van der Waals surface area contributed by atoms with Crippen LogP contribution < -0.4 is 15.5 Å². The minimum absolute atomic E-state index is 0.337. The minimum atomic E-state index is -0.337. The van der Waals surface area contributed by atoms with E-state index in [2.05, 4.69) is 50.7 Å². The molecule has 2 aromatic heterocycles. The number of aromatic nitrogens is 4. The number of piperazine rings is 1. The Hall–Kier alpha value is -2.84. The van der Waals surface area contributed by atoms with Gasteiger partial charge in [0.15, 0.2) is 11.6 Å². The van der Waals surface area contributed by atoms with Crippen LogP contribution in [0.3, 0.4) is 0 Å². The monoisotopic (exact) mass is 441 g/mol. The molecule has 1 fully saturated rings. The molecule has 3 heterocycles. The topological polar surface area (TPSA) is 73.8 Å². The average Bonchev–Trinajstić information content (AvgIpc) is 3.28. The molecule has 0 aliphatic carbocycles. The van der Waals surface area contributed by atoms with Gasteiger partial charge in [-0.25, -0.2) is 4.39 Å². The molecule has 0 saturated carbocycles. The molecule has 5 rings (SSSR count). The van der Waals surface area contributed by atoms with Crippen LogP contribution in [0.4, 0.5) is 21.6 Å². The Labute approximate surface area is 184 Å². The summed E-state index contributed by atoms with van der Waals surface area (Å²) in [6, 6.07) is 6.73. The first kappa shape index (κ1) is 20.1. The third-order valence-corrected chi connectivity index (χ3v) is 6.17. The fourth-order valence-corrected chi connectivity index (χ4v) is 4.81.